The first-order chi connectivity index (χ1) is 11.3. The minimum absolute atomic E-state index is 0.0362. The predicted octanol–water partition coefficient (Wildman–Crippen LogP) is 0.368. The summed E-state index contributed by atoms with van der Waals surface area (Å²) >= 11 is 0. The van der Waals surface area contributed by atoms with Crippen LogP contribution in [0.4, 0.5) is 4.39 Å². The second-order valence-electron chi connectivity index (χ2n) is 5.71. The van der Waals surface area contributed by atoms with Crippen LogP contribution >= 0.6 is 0 Å². The van der Waals surface area contributed by atoms with Gasteiger partial charge >= 0.3 is 0 Å². The van der Waals surface area contributed by atoms with E-state index in [0.29, 0.717) is 0 Å². The summed E-state index contributed by atoms with van der Waals surface area (Å²) in [6.45, 7) is 1.41. The van der Waals surface area contributed by atoms with Crippen LogP contribution in [-0.2, 0) is 14.8 Å². The van der Waals surface area contributed by atoms with Gasteiger partial charge in [0.05, 0.1) is 23.5 Å². The monoisotopic (exact) mass is 355 g/mol. The summed E-state index contributed by atoms with van der Waals surface area (Å²) in [7, 11) is -4.05. The number of halogens is 1. The molecule has 0 radical (unpaired) electrons. The average molecular weight is 355 g/mol. The molecule has 0 unspecified atom stereocenters. The molecule has 1 aliphatic rings. The number of carbonyl (C=O) groups is 1. The topological polar surface area (TPSA) is 110 Å². The van der Waals surface area contributed by atoms with Gasteiger partial charge in [-0.1, -0.05) is 0 Å². The molecule has 7 nitrogen and oxygen atoms in total. The number of hydrogen-bond acceptors (Lipinski definition) is 5. The summed E-state index contributed by atoms with van der Waals surface area (Å²) in [6, 6.07) is 4.67. The number of nitriles is 1. The summed E-state index contributed by atoms with van der Waals surface area (Å²) in [4.78, 5) is 12.2. The maximum atomic E-state index is 13.0. The molecule has 9 heteroatoms. The van der Waals surface area contributed by atoms with Crippen molar-refractivity contribution in [3.63, 3.8) is 0 Å². The van der Waals surface area contributed by atoms with Crippen molar-refractivity contribution < 1.29 is 22.7 Å². The number of hydrogen-bond donors (Lipinski definition) is 2. The van der Waals surface area contributed by atoms with Gasteiger partial charge in [-0.15, -0.1) is 0 Å². The summed E-state index contributed by atoms with van der Waals surface area (Å²) in [5, 5.41) is 21.0. The van der Waals surface area contributed by atoms with Crippen molar-refractivity contribution in [2.45, 2.75) is 42.8 Å². The van der Waals surface area contributed by atoms with Crippen LogP contribution in [-0.4, -0.2) is 48.5 Å². The largest absolute Gasteiger partial charge is 0.392 e. The van der Waals surface area contributed by atoms with E-state index in [0.717, 1.165) is 28.6 Å². The highest BCUT2D eigenvalue weighted by Gasteiger charge is 2.43. The van der Waals surface area contributed by atoms with E-state index in [1.54, 1.807) is 6.92 Å². The molecule has 0 spiro atoms. The number of sulfonamides is 1. The number of carbonyl (C=O) groups excluding carboxylic acids is 1. The van der Waals surface area contributed by atoms with Crippen molar-refractivity contribution in [1.29, 1.82) is 5.26 Å². The van der Waals surface area contributed by atoms with Crippen molar-refractivity contribution in [2.75, 3.05) is 6.54 Å². The van der Waals surface area contributed by atoms with Gasteiger partial charge in [-0.3, -0.25) is 4.79 Å². The van der Waals surface area contributed by atoms with Crippen molar-refractivity contribution in [2.24, 2.45) is 0 Å². The molecule has 3 atom stereocenters. The molecule has 1 heterocycles. The lowest BCUT2D eigenvalue weighted by atomic mass is 10.1. The normalized spacial score (nSPS) is 22.8. The van der Waals surface area contributed by atoms with Crippen LogP contribution in [0.25, 0.3) is 0 Å². The van der Waals surface area contributed by atoms with Crippen molar-refractivity contribution >= 4 is 15.9 Å². The van der Waals surface area contributed by atoms with E-state index in [1.807, 2.05) is 6.07 Å². The molecule has 0 aliphatic carbocycles. The van der Waals surface area contributed by atoms with Crippen LogP contribution in [0.3, 0.4) is 0 Å². The lowest BCUT2D eigenvalue weighted by Crippen LogP contribution is -2.48. The number of β-amino-alcohol motifs (C(OH)–C–C–N with tert-alkyl or cyclic N) is 1. The van der Waals surface area contributed by atoms with E-state index < -0.39 is 39.9 Å². The summed E-state index contributed by atoms with van der Waals surface area (Å²) in [5.74, 6) is -1.14. The summed E-state index contributed by atoms with van der Waals surface area (Å²) < 4.78 is 39.3. The van der Waals surface area contributed by atoms with Crippen molar-refractivity contribution in [3.05, 3.63) is 30.1 Å². The maximum absolute atomic E-state index is 13.0. The third kappa shape index (κ3) is 3.90. The van der Waals surface area contributed by atoms with E-state index >= 15 is 0 Å². The highest BCUT2D eigenvalue weighted by atomic mass is 32.2. The smallest absolute Gasteiger partial charge is 0.243 e. The minimum Gasteiger partial charge on any atom is -0.392 e. The fourth-order valence-corrected chi connectivity index (χ4v) is 4.19. The number of aliphatic hydroxyl groups is 1. The van der Waals surface area contributed by atoms with E-state index in [4.69, 9.17) is 5.26 Å². The highest BCUT2D eigenvalue weighted by molar-refractivity contribution is 7.89. The second-order valence-corrected chi connectivity index (χ2v) is 7.60. The first-order valence-corrected chi connectivity index (χ1v) is 8.82. The molecule has 2 N–H and O–H groups in total. The van der Waals surface area contributed by atoms with Crippen LogP contribution in [0.2, 0.25) is 0 Å². The van der Waals surface area contributed by atoms with Gasteiger partial charge in [0.25, 0.3) is 0 Å². The zero-order chi connectivity index (χ0) is 17.9. The van der Waals surface area contributed by atoms with Crippen LogP contribution in [0.15, 0.2) is 29.2 Å². The molecular formula is C15H18FN3O4S. The Morgan fingerprint density at radius 1 is 1.50 bits per heavy atom. The van der Waals surface area contributed by atoms with E-state index in [2.05, 4.69) is 5.32 Å². The minimum atomic E-state index is -4.05. The predicted molar refractivity (Wildman–Crippen MR) is 82.5 cm³/mol. The van der Waals surface area contributed by atoms with Gasteiger partial charge in [0.1, 0.15) is 11.9 Å². The molecule has 24 heavy (non-hydrogen) atoms. The van der Waals surface area contributed by atoms with E-state index in [1.165, 1.54) is 0 Å². The molecule has 1 amide bonds. The van der Waals surface area contributed by atoms with Crippen LogP contribution in [0.1, 0.15) is 19.8 Å². The average Bonchev–Trinajstić information content (AvgIpc) is 2.91. The Balaban J connectivity index is 2.25. The summed E-state index contributed by atoms with van der Waals surface area (Å²) in [6.07, 6.45) is -0.917. The first-order valence-electron chi connectivity index (χ1n) is 7.38. The number of nitrogens with one attached hydrogen (secondary N) is 1. The molecule has 1 aliphatic heterocycles. The lowest BCUT2D eigenvalue weighted by molar-refractivity contribution is -0.124. The number of benzene rings is 1. The van der Waals surface area contributed by atoms with Gasteiger partial charge in [-0.25, -0.2) is 12.8 Å². The second kappa shape index (κ2) is 7.25. The molecule has 2 rings (SSSR count). The first kappa shape index (κ1) is 18.3. The van der Waals surface area contributed by atoms with Crippen molar-refractivity contribution in [1.82, 2.24) is 9.62 Å². The number of nitrogens with zero attached hydrogens (tertiary/aromatic N) is 2. The molecule has 130 valence electrons. The number of aliphatic hydroxyl groups excluding tert-OH is 1. The molecule has 1 saturated heterocycles. The third-order valence-electron chi connectivity index (χ3n) is 3.74. The van der Waals surface area contributed by atoms with Gasteiger partial charge in [-0.2, -0.15) is 9.57 Å². The molecular weight excluding hydrogens is 337 g/mol. The Morgan fingerprint density at radius 2 is 2.12 bits per heavy atom. The standard InChI is InChI=1S/C15H18FN3O4S/c1-10(6-7-17)18-15(21)14-8-12(20)9-19(14)24(22,23)13-4-2-11(16)3-5-13/h2-5,10,12,14,20H,6,8-9H2,1H3,(H,18,21)/t10-,12-,14+/m1/s1. The molecule has 0 bridgehead atoms. The van der Waals surface area contributed by atoms with Crippen LogP contribution in [0, 0.1) is 17.1 Å². The van der Waals surface area contributed by atoms with Gasteiger partial charge in [0.15, 0.2) is 0 Å². The SMILES string of the molecule is C[C@H](CC#N)NC(=O)[C@@H]1C[C@@H](O)CN1S(=O)(=O)c1ccc(F)cc1. The van der Waals surface area contributed by atoms with Gasteiger partial charge < -0.3 is 10.4 Å². The Bertz CT molecular complexity index is 745. The molecule has 1 aromatic carbocycles. The van der Waals surface area contributed by atoms with Gasteiger partial charge in [-0.05, 0) is 31.2 Å². The third-order valence-corrected chi connectivity index (χ3v) is 5.63. The van der Waals surface area contributed by atoms with Gasteiger partial charge in [0.2, 0.25) is 15.9 Å². The van der Waals surface area contributed by atoms with E-state index in [9.17, 15) is 22.7 Å². The van der Waals surface area contributed by atoms with Gasteiger partial charge in [0, 0.05) is 19.0 Å². The summed E-state index contributed by atoms with van der Waals surface area (Å²) in [5.41, 5.74) is 0. The molecule has 0 aromatic heterocycles. The Morgan fingerprint density at radius 3 is 2.71 bits per heavy atom. The number of amides is 1. The zero-order valence-corrected chi connectivity index (χ0v) is 13.8. The maximum Gasteiger partial charge on any atom is 0.243 e. The highest BCUT2D eigenvalue weighted by Crippen LogP contribution is 2.26. The molecule has 0 saturated carbocycles. The fourth-order valence-electron chi connectivity index (χ4n) is 2.56. The molecule has 1 fully saturated rings. The number of rotatable bonds is 5. The van der Waals surface area contributed by atoms with Crippen LogP contribution < -0.4 is 5.32 Å². The zero-order valence-electron chi connectivity index (χ0n) is 13.0. The van der Waals surface area contributed by atoms with Crippen molar-refractivity contribution in [3.8, 4) is 6.07 Å². The quantitative estimate of drug-likeness (QED) is 0.793. The Kier molecular flexibility index (Phi) is 5.54. The Labute approximate surface area is 139 Å². The molecule has 1 aromatic rings. The Hall–Kier alpha value is -2.02. The van der Waals surface area contributed by atoms with E-state index in [-0.39, 0.29) is 24.3 Å². The van der Waals surface area contributed by atoms with Crippen LogP contribution in [0.5, 0.6) is 0 Å². The fraction of sp³-hybridized carbons (Fsp3) is 0.467. The lowest BCUT2D eigenvalue weighted by Gasteiger charge is -2.24.